The van der Waals surface area contributed by atoms with Gasteiger partial charge in [-0.3, -0.25) is 10.1 Å². The predicted octanol–water partition coefficient (Wildman–Crippen LogP) is 5.54. The fraction of sp³-hybridized carbons (Fsp3) is 0.261. The van der Waals surface area contributed by atoms with E-state index in [2.05, 4.69) is 47.4 Å². The Morgan fingerprint density at radius 3 is 1.89 bits per heavy atom. The standard InChI is InChI=1S/C23H23Br2N3O7S/c1-30-13-9-11(16(24)20(34-5)18(13)32-3)7-8-15-27-28-23(36-15)26-22(29)12-10-14(31-2)19(33-4)21(35-6)17(12)25/h7-10H,1-6H3,(H,26,28,29)/b8-7+. The minimum Gasteiger partial charge on any atom is -0.493 e. The second-order valence-electron chi connectivity index (χ2n) is 6.79. The van der Waals surface area contributed by atoms with E-state index in [1.807, 2.05) is 6.08 Å². The van der Waals surface area contributed by atoms with Crippen molar-refractivity contribution in [1.82, 2.24) is 10.2 Å². The fourth-order valence-electron chi connectivity index (χ4n) is 3.23. The van der Waals surface area contributed by atoms with Crippen molar-refractivity contribution >= 4 is 66.4 Å². The molecule has 1 amide bonds. The van der Waals surface area contributed by atoms with Crippen molar-refractivity contribution in [3.05, 3.63) is 37.2 Å². The topological polar surface area (TPSA) is 110 Å². The van der Waals surface area contributed by atoms with Crippen LogP contribution in [-0.2, 0) is 0 Å². The third-order valence-electron chi connectivity index (χ3n) is 4.88. The lowest BCUT2D eigenvalue weighted by atomic mass is 10.1. The van der Waals surface area contributed by atoms with Crippen LogP contribution in [0.3, 0.4) is 0 Å². The largest absolute Gasteiger partial charge is 0.493 e. The molecule has 1 heterocycles. The number of carbonyl (C=O) groups excluding carboxylic acids is 1. The van der Waals surface area contributed by atoms with Crippen LogP contribution in [0.4, 0.5) is 5.13 Å². The number of nitrogens with one attached hydrogen (secondary N) is 1. The molecule has 0 atom stereocenters. The van der Waals surface area contributed by atoms with Gasteiger partial charge in [-0.15, -0.1) is 10.2 Å². The van der Waals surface area contributed by atoms with Crippen LogP contribution in [0.1, 0.15) is 20.9 Å². The van der Waals surface area contributed by atoms with Crippen LogP contribution >= 0.6 is 43.2 Å². The van der Waals surface area contributed by atoms with Gasteiger partial charge in [-0.1, -0.05) is 17.4 Å². The maximum absolute atomic E-state index is 13.0. The summed E-state index contributed by atoms with van der Waals surface area (Å²) in [6, 6.07) is 3.35. The Morgan fingerprint density at radius 2 is 1.33 bits per heavy atom. The Labute approximate surface area is 228 Å². The summed E-state index contributed by atoms with van der Waals surface area (Å²) in [4.78, 5) is 13.0. The fourth-order valence-corrected chi connectivity index (χ4v) is 5.09. The van der Waals surface area contributed by atoms with E-state index in [1.165, 1.54) is 39.8 Å². The van der Waals surface area contributed by atoms with Crippen molar-refractivity contribution in [2.24, 2.45) is 0 Å². The molecule has 3 aromatic rings. The number of hydrogen-bond donors (Lipinski definition) is 1. The predicted molar refractivity (Wildman–Crippen MR) is 144 cm³/mol. The zero-order valence-corrected chi connectivity index (χ0v) is 24.2. The minimum atomic E-state index is -0.430. The van der Waals surface area contributed by atoms with Crippen LogP contribution in [-0.4, -0.2) is 58.8 Å². The van der Waals surface area contributed by atoms with Gasteiger partial charge < -0.3 is 28.4 Å². The summed E-state index contributed by atoms with van der Waals surface area (Å²) in [6.07, 6.45) is 3.57. The first kappa shape index (κ1) is 27.6. The summed E-state index contributed by atoms with van der Waals surface area (Å²) in [7, 11) is 9.06. The molecule has 0 radical (unpaired) electrons. The third-order valence-corrected chi connectivity index (χ3v) is 7.29. The lowest BCUT2D eigenvalue weighted by molar-refractivity contribution is 0.102. The number of aromatic nitrogens is 2. The van der Waals surface area contributed by atoms with E-state index in [9.17, 15) is 4.79 Å². The lowest BCUT2D eigenvalue weighted by Gasteiger charge is -2.16. The highest BCUT2D eigenvalue weighted by molar-refractivity contribution is 9.11. The number of halogens is 2. The van der Waals surface area contributed by atoms with Crippen molar-refractivity contribution in [2.75, 3.05) is 48.0 Å². The molecule has 10 nitrogen and oxygen atoms in total. The highest BCUT2D eigenvalue weighted by Crippen LogP contribution is 2.46. The van der Waals surface area contributed by atoms with Gasteiger partial charge in [0.1, 0.15) is 5.01 Å². The van der Waals surface area contributed by atoms with E-state index in [4.69, 9.17) is 28.4 Å². The molecule has 3 rings (SSSR count). The Morgan fingerprint density at radius 1 is 0.778 bits per heavy atom. The van der Waals surface area contributed by atoms with E-state index >= 15 is 0 Å². The number of carbonyl (C=O) groups is 1. The van der Waals surface area contributed by atoms with E-state index in [0.717, 1.165) is 5.56 Å². The quantitative estimate of drug-likeness (QED) is 0.304. The first-order valence-electron chi connectivity index (χ1n) is 10.1. The van der Waals surface area contributed by atoms with Gasteiger partial charge in [0.25, 0.3) is 5.91 Å². The molecular formula is C23H23Br2N3O7S. The minimum absolute atomic E-state index is 0.276. The molecule has 0 aliphatic rings. The van der Waals surface area contributed by atoms with E-state index in [1.54, 1.807) is 32.4 Å². The Hall–Kier alpha value is -3.03. The Bertz CT molecular complexity index is 1300. The van der Waals surface area contributed by atoms with E-state index in [-0.39, 0.29) is 5.56 Å². The van der Waals surface area contributed by atoms with Crippen LogP contribution in [0, 0.1) is 0 Å². The number of hydrogen-bond acceptors (Lipinski definition) is 10. The van der Waals surface area contributed by atoms with Crippen molar-refractivity contribution in [3.8, 4) is 34.5 Å². The summed E-state index contributed by atoms with van der Waals surface area (Å²) in [5, 5.41) is 11.8. The van der Waals surface area contributed by atoms with Gasteiger partial charge in [0.15, 0.2) is 23.0 Å². The molecule has 1 N–H and O–H groups in total. The molecule has 0 unspecified atom stereocenters. The SMILES string of the molecule is COc1cc(/C=C/c2nnc(NC(=O)c3cc(OC)c(OC)c(OC)c3Br)s2)c(Br)c(OC)c1OC. The van der Waals surface area contributed by atoms with Crippen LogP contribution in [0.5, 0.6) is 34.5 Å². The van der Waals surface area contributed by atoms with Gasteiger partial charge in [0.2, 0.25) is 16.6 Å². The summed E-state index contributed by atoms with van der Waals surface area (Å²) >= 11 is 8.14. The number of nitrogens with zero attached hydrogens (tertiary/aromatic N) is 2. The van der Waals surface area contributed by atoms with Crippen molar-refractivity contribution in [2.45, 2.75) is 0 Å². The summed E-state index contributed by atoms with van der Waals surface area (Å²) in [5.74, 6) is 2.10. The van der Waals surface area contributed by atoms with E-state index in [0.29, 0.717) is 53.6 Å². The average molecular weight is 645 g/mol. The Kier molecular flexibility index (Phi) is 9.40. The Balaban J connectivity index is 1.85. The van der Waals surface area contributed by atoms with Crippen molar-refractivity contribution in [3.63, 3.8) is 0 Å². The van der Waals surface area contributed by atoms with Crippen LogP contribution in [0.25, 0.3) is 12.2 Å². The van der Waals surface area contributed by atoms with Gasteiger partial charge in [-0.2, -0.15) is 0 Å². The lowest BCUT2D eigenvalue weighted by Crippen LogP contribution is -2.13. The molecule has 13 heteroatoms. The second kappa shape index (κ2) is 12.3. The maximum Gasteiger partial charge on any atom is 0.258 e. The number of anilines is 1. The average Bonchev–Trinajstić information content (AvgIpc) is 3.33. The molecule has 192 valence electrons. The zero-order chi connectivity index (χ0) is 26.4. The number of amides is 1. The molecular weight excluding hydrogens is 622 g/mol. The van der Waals surface area contributed by atoms with Gasteiger partial charge in [0, 0.05) is 0 Å². The molecule has 0 bridgehead atoms. The van der Waals surface area contributed by atoms with Crippen LogP contribution in [0.15, 0.2) is 21.1 Å². The van der Waals surface area contributed by atoms with Crippen molar-refractivity contribution in [1.29, 1.82) is 0 Å². The molecule has 0 saturated carbocycles. The molecule has 0 saturated heterocycles. The second-order valence-corrected chi connectivity index (χ2v) is 9.38. The number of methoxy groups -OCH3 is 6. The number of ether oxygens (including phenoxy) is 6. The van der Waals surface area contributed by atoms with Gasteiger partial charge >= 0.3 is 0 Å². The summed E-state index contributed by atoms with van der Waals surface area (Å²) in [6.45, 7) is 0. The van der Waals surface area contributed by atoms with Crippen LogP contribution in [0.2, 0.25) is 0 Å². The first-order chi connectivity index (χ1) is 17.3. The molecule has 0 aliphatic heterocycles. The first-order valence-corrected chi connectivity index (χ1v) is 12.5. The zero-order valence-electron chi connectivity index (χ0n) is 20.2. The molecule has 0 aliphatic carbocycles. The molecule has 0 spiro atoms. The van der Waals surface area contributed by atoms with E-state index < -0.39 is 5.91 Å². The van der Waals surface area contributed by atoms with Crippen molar-refractivity contribution < 1.29 is 33.2 Å². The number of benzene rings is 2. The molecule has 2 aromatic carbocycles. The monoisotopic (exact) mass is 643 g/mol. The summed E-state index contributed by atoms with van der Waals surface area (Å²) < 4.78 is 33.4. The molecule has 0 fully saturated rings. The van der Waals surface area contributed by atoms with Gasteiger partial charge in [-0.05, 0) is 55.6 Å². The molecule has 36 heavy (non-hydrogen) atoms. The number of rotatable bonds is 10. The maximum atomic E-state index is 13.0. The van der Waals surface area contributed by atoms with Gasteiger partial charge in [0.05, 0.1) is 57.2 Å². The summed E-state index contributed by atoms with van der Waals surface area (Å²) in [5.41, 5.74) is 1.05. The molecule has 1 aromatic heterocycles. The highest BCUT2D eigenvalue weighted by Gasteiger charge is 2.23. The highest BCUT2D eigenvalue weighted by atomic mass is 79.9. The third kappa shape index (κ3) is 5.52. The normalized spacial score (nSPS) is 10.8. The smallest absolute Gasteiger partial charge is 0.258 e. The van der Waals surface area contributed by atoms with Gasteiger partial charge in [-0.25, -0.2) is 0 Å². The van der Waals surface area contributed by atoms with Crippen LogP contribution < -0.4 is 33.7 Å².